The molecule has 0 aliphatic carbocycles. The summed E-state index contributed by atoms with van der Waals surface area (Å²) in [5, 5.41) is 16.0. The number of H-pyrrole nitrogens is 1. The summed E-state index contributed by atoms with van der Waals surface area (Å²) >= 11 is 12.4. The van der Waals surface area contributed by atoms with E-state index in [0.717, 1.165) is 5.56 Å². The second-order valence-electron chi connectivity index (χ2n) is 7.65. The maximum absolute atomic E-state index is 12.6. The van der Waals surface area contributed by atoms with E-state index in [0.29, 0.717) is 22.9 Å². The van der Waals surface area contributed by atoms with E-state index >= 15 is 0 Å². The van der Waals surface area contributed by atoms with E-state index in [1.54, 1.807) is 18.2 Å². The van der Waals surface area contributed by atoms with Crippen LogP contribution in [0.2, 0.25) is 10.0 Å². The first kappa shape index (κ1) is 24.0. The first-order valence-corrected chi connectivity index (χ1v) is 12.4. The van der Waals surface area contributed by atoms with Crippen molar-refractivity contribution < 1.29 is 18.3 Å². The van der Waals surface area contributed by atoms with Crippen molar-refractivity contribution in [2.45, 2.75) is 24.8 Å². The summed E-state index contributed by atoms with van der Waals surface area (Å²) in [4.78, 5) is 27.4. The maximum atomic E-state index is 12.6. The molecule has 0 amide bonds. The predicted octanol–water partition coefficient (Wildman–Crippen LogP) is 4.26. The van der Waals surface area contributed by atoms with Gasteiger partial charge >= 0.3 is 5.97 Å². The molecule has 0 aliphatic rings. The third-order valence-electron chi connectivity index (χ3n) is 5.56. The summed E-state index contributed by atoms with van der Waals surface area (Å²) in [6, 6.07) is 11.1. The Bertz CT molecular complexity index is 1620. The van der Waals surface area contributed by atoms with Crippen molar-refractivity contribution >= 4 is 50.1 Å². The number of nitrogens with two attached hydrogens (primary N) is 1. The number of primary sulfonamides is 1. The summed E-state index contributed by atoms with van der Waals surface area (Å²) < 4.78 is 25.4. The van der Waals surface area contributed by atoms with Crippen molar-refractivity contribution in [3.8, 4) is 11.1 Å². The van der Waals surface area contributed by atoms with Gasteiger partial charge < -0.3 is 14.7 Å². The average molecular weight is 520 g/mol. The monoisotopic (exact) mass is 519 g/mol. The minimum atomic E-state index is -4.15. The van der Waals surface area contributed by atoms with Crippen molar-refractivity contribution in [1.29, 1.82) is 0 Å². The van der Waals surface area contributed by atoms with Gasteiger partial charge in [0.15, 0.2) is 0 Å². The molecule has 2 heterocycles. The van der Waals surface area contributed by atoms with Crippen LogP contribution in [0.5, 0.6) is 0 Å². The summed E-state index contributed by atoms with van der Waals surface area (Å²) in [5.74, 6) is -1.26. The minimum absolute atomic E-state index is 0.104. The van der Waals surface area contributed by atoms with E-state index in [-0.39, 0.29) is 38.3 Å². The molecule has 2 aromatic heterocycles. The highest BCUT2D eigenvalue weighted by molar-refractivity contribution is 7.89. The van der Waals surface area contributed by atoms with Gasteiger partial charge in [0, 0.05) is 39.8 Å². The fraction of sp³-hybridized carbons (Fsp3) is 0.130. The number of benzene rings is 2. The normalized spacial score (nSPS) is 11.8. The molecule has 0 radical (unpaired) electrons. The van der Waals surface area contributed by atoms with E-state index in [1.165, 1.54) is 22.9 Å². The number of rotatable bonds is 6. The molecule has 176 valence electrons. The van der Waals surface area contributed by atoms with Crippen LogP contribution < -0.4 is 10.7 Å². The number of carboxylic acid groups (broad SMARTS) is 1. The lowest BCUT2D eigenvalue weighted by Gasteiger charge is -2.13. The minimum Gasteiger partial charge on any atom is -0.477 e. The van der Waals surface area contributed by atoms with Crippen LogP contribution in [0.4, 0.5) is 0 Å². The molecule has 11 heteroatoms. The molecule has 0 saturated heterocycles. The van der Waals surface area contributed by atoms with Crippen LogP contribution in [-0.2, 0) is 23.0 Å². The fourth-order valence-corrected chi connectivity index (χ4v) is 5.38. The van der Waals surface area contributed by atoms with Crippen LogP contribution in [-0.4, -0.2) is 29.0 Å². The summed E-state index contributed by atoms with van der Waals surface area (Å²) in [5.41, 5.74) is 1.67. The highest BCUT2D eigenvalue weighted by Crippen LogP contribution is 2.36. The molecular weight excluding hydrogens is 501 g/mol. The number of halogens is 2. The highest BCUT2D eigenvalue weighted by atomic mass is 35.5. The molecule has 0 saturated carbocycles. The van der Waals surface area contributed by atoms with Crippen molar-refractivity contribution in [1.82, 2.24) is 9.55 Å². The molecule has 0 unspecified atom stereocenters. The topological polar surface area (TPSA) is 135 Å². The number of carbonyl (C=O) groups is 1. The smallest absolute Gasteiger partial charge is 0.353 e. The lowest BCUT2D eigenvalue weighted by atomic mass is 10.0. The Balaban J connectivity index is 2.07. The van der Waals surface area contributed by atoms with Gasteiger partial charge in [-0.2, -0.15) is 0 Å². The van der Waals surface area contributed by atoms with Crippen molar-refractivity contribution in [3.63, 3.8) is 0 Å². The first-order valence-electron chi connectivity index (χ1n) is 10.1. The van der Waals surface area contributed by atoms with Crippen molar-refractivity contribution in [3.05, 3.63) is 85.9 Å². The van der Waals surface area contributed by atoms with E-state index in [2.05, 4.69) is 4.98 Å². The number of aromatic nitrogens is 2. The molecule has 4 N–H and O–H groups in total. The number of nitrogens with zero attached hydrogens (tertiary/aromatic N) is 1. The zero-order valence-electron chi connectivity index (χ0n) is 17.8. The number of aryl methyl sites for hydroxylation is 1. The van der Waals surface area contributed by atoms with Crippen LogP contribution in [0.25, 0.3) is 22.0 Å². The molecular formula is C23H19Cl2N3O5S. The molecule has 8 nitrogen and oxygen atoms in total. The molecule has 34 heavy (non-hydrogen) atoms. The number of fused-ring (bicyclic) bond motifs is 1. The molecule has 0 atom stereocenters. The zero-order valence-corrected chi connectivity index (χ0v) is 20.1. The summed E-state index contributed by atoms with van der Waals surface area (Å²) in [7, 11) is -4.15. The van der Waals surface area contributed by atoms with Crippen LogP contribution in [0.3, 0.4) is 0 Å². The van der Waals surface area contributed by atoms with E-state index < -0.39 is 21.6 Å². The number of aromatic carboxylic acids is 1. The van der Waals surface area contributed by atoms with E-state index in [9.17, 15) is 23.1 Å². The number of hydrogen-bond donors (Lipinski definition) is 3. The summed E-state index contributed by atoms with van der Waals surface area (Å²) in [6.07, 6.45) is 2.17. The molecule has 0 fully saturated rings. The van der Waals surface area contributed by atoms with E-state index in [4.69, 9.17) is 28.3 Å². The molecule has 0 spiro atoms. The first-order chi connectivity index (χ1) is 16.0. The molecule has 0 bridgehead atoms. The van der Waals surface area contributed by atoms with Crippen LogP contribution in [0.15, 0.2) is 58.4 Å². The maximum Gasteiger partial charge on any atom is 0.353 e. The molecule has 0 aliphatic heterocycles. The van der Waals surface area contributed by atoms with Crippen molar-refractivity contribution in [2.24, 2.45) is 5.14 Å². The second kappa shape index (κ2) is 8.92. The predicted molar refractivity (Wildman–Crippen MR) is 131 cm³/mol. The standard InChI is InChI=1S/C23H19Cl2N3O5S/c1-2-12-5-6-18-15(8-12)20(14-4-3-7-27-22(14)29)21(23(30)31)28(18)11-13-9-19(34(26,32)33)17(25)10-16(13)24/h3-10H,2,11H2,1H3,(H,27,29)(H,30,31)(H2,26,32,33). The van der Waals surface area contributed by atoms with Gasteiger partial charge in [0.1, 0.15) is 10.6 Å². The number of aromatic amines is 1. The Morgan fingerprint density at radius 1 is 1.15 bits per heavy atom. The van der Waals surface area contributed by atoms with Gasteiger partial charge in [-0.05, 0) is 53.9 Å². The fourth-order valence-electron chi connectivity index (χ4n) is 3.98. The van der Waals surface area contributed by atoms with Gasteiger partial charge in [0.2, 0.25) is 10.0 Å². The molecule has 4 rings (SSSR count). The van der Waals surface area contributed by atoms with Crippen molar-refractivity contribution in [2.75, 3.05) is 0 Å². The lowest BCUT2D eigenvalue weighted by Crippen LogP contribution is -2.15. The van der Waals surface area contributed by atoms with Gasteiger partial charge in [-0.1, -0.05) is 36.2 Å². The number of pyridine rings is 1. The van der Waals surface area contributed by atoms with Gasteiger partial charge in [-0.3, -0.25) is 4.79 Å². The van der Waals surface area contributed by atoms with Crippen LogP contribution in [0.1, 0.15) is 28.5 Å². The van der Waals surface area contributed by atoms with Gasteiger partial charge in [0.25, 0.3) is 5.56 Å². The highest BCUT2D eigenvalue weighted by Gasteiger charge is 2.26. The summed E-state index contributed by atoms with van der Waals surface area (Å²) in [6.45, 7) is 1.86. The number of hydrogen-bond acceptors (Lipinski definition) is 4. The molecule has 4 aromatic rings. The second-order valence-corrected chi connectivity index (χ2v) is 10.00. The Hall–Kier alpha value is -3.11. The average Bonchev–Trinajstić information content (AvgIpc) is 3.08. The van der Waals surface area contributed by atoms with Gasteiger partial charge in [-0.25, -0.2) is 18.4 Å². The van der Waals surface area contributed by atoms with Crippen LogP contribution >= 0.6 is 23.2 Å². The largest absolute Gasteiger partial charge is 0.477 e. The number of sulfonamides is 1. The van der Waals surface area contributed by atoms with E-state index in [1.807, 2.05) is 19.1 Å². The molecule has 2 aromatic carbocycles. The zero-order chi connectivity index (χ0) is 24.8. The Morgan fingerprint density at radius 2 is 1.88 bits per heavy atom. The number of carboxylic acids is 1. The quantitative estimate of drug-likeness (QED) is 0.349. The Labute approximate surface area is 204 Å². The van der Waals surface area contributed by atoms with Gasteiger partial charge in [0.05, 0.1) is 5.02 Å². The van der Waals surface area contributed by atoms with Gasteiger partial charge in [-0.15, -0.1) is 0 Å². The lowest BCUT2D eigenvalue weighted by molar-refractivity contribution is 0.0687. The van der Waals surface area contributed by atoms with Crippen LogP contribution in [0, 0.1) is 0 Å². The Kier molecular flexibility index (Phi) is 6.30. The SMILES string of the molecule is CCc1ccc2c(c1)c(-c1ccc[nH]c1=O)c(C(=O)O)n2Cc1cc(S(N)(=O)=O)c(Cl)cc1Cl. The third-order valence-corrected chi connectivity index (χ3v) is 7.29. The number of nitrogens with one attached hydrogen (secondary N) is 1. The third kappa shape index (κ3) is 4.23. The Morgan fingerprint density at radius 3 is 2.50 bits per heavy atom.